The average Bonchev–Trinajstić information content (AvgIpc) is 3.54. The minimum atomic E-state index is -3.79. The number of para-hydroxylation sites is 1. The van der Waals surface area contributed by atoms with Gasteiger partial charge in [0, 0.05) is 11.1 Å². The first-order valence-corrected chi connectivity index (χ1v) is 12.8. The van der Waals surface area contributed by atoms with Crippen molar-refractivity contribution in [3.63, 3.8) is 0 Å². The van der Waals surface area contributed by atoms with Crippen LogP contribution in [0.3, 0.4) is 0 Å². The molecule has 2 aliphatic rings. The predicted octanol–water partition coefficient (Wildman–Crippen LogP) is 7.11. The summed E-state index contributed by atoms with van der Waals surface area (Å²) in [5.41, 5.74) is 4.03. The summed E-state index contributed by atoms with van der Waals surface area (Å²) in [6.07, 6.45) is -3.93. The van der Waals surface area contributed by atoms with Crippen LogP contribution in [0.2, 0.25) is 0 Å². The third-order valence-corrected chi connectivity index (χ3v) is 7.14. The number of nitrogens with one attached hydrogen (secondary N) is 1. The molecule has 0 saturated heterocycles. The van der Waals surface area contributed by atoms with Crippen molar-refractivity contribution in [2.24, 2.45) is 0 Å². The van der Waals surface area contributed by atoms with Gasteiger partial charge in [0.25, 0.3) is 6.47 Å². The fourth-order valence-electron chi connectivity index (χ4n) is 4.84. The lowest BCUT2D eigenvalue weighted by Crippen LogP contribution is -2.26. The summed E-state index contributed by atoms with van der Waals surface area (Å²) >= 11 is 0. The van der Waals surface area contributed by atoms with Gasteiger partial charge in [0.2, 0.25) is 0 Å². The molecule has 4 aromatic rings. The van der Waals surface area contributed by atoms with Crippen LogP contribution in [-0.2, 0) is 19.9 Å². The lowest BCUT2D eigenvalue weighted by Gasteiger charge is -2.16. The third kappa shape index (κ3) is 5.06. The van der Waals surface area contributed by atoms with E-state index in [1.807, 2.05) is 48.5 Å². The maximum Gasteiger partial charge on any atom is 0.586 e. The van der Waals surface area contributed by atoms with Crippen molar-refractivity contribution in [1.29, 1.82) is 0 Å². The molecule has 1 aliphatic carbocycles. The Morgan fingerprint density at radius 2 is 1.66 bits per heavy atom. The van der Waals surface area contributed by atoms with Crippen molar-refractivity contribution in [3.05, 3.63) is 83.6 Å². The van der Waals surface area contributed by atoms with Gasteiger partial charge >= 0.3 is 12.4 Å². The van der Waals surface area contributed by atoms with E-state index in [-0.39, 0.29) is 17.1 Å². The fraction of sp³-hybridized carbons (Fsp3) is 0.233. The van der Waals surface area contributed by atoms with Gasteiger partial charge in [0.15, 0.2) is 17.3 Å². The SMILES string of the molecule is Cc1noc(-c2ccc(-c3ccc(C4(OC=O)CC4)cc3)cc2)c1NC(=O)O[C@H](C)c1cccc2c1OC(F)(F)O2. The number of anilines is 1. The number of aromatic nitrogens is 1. The standard InChI is InChI=1S/C30H24F2N2O7/c1-17-25(33-28(36)38-18(2)23-4-3-5-24-27(23)40-30(31,32)39-24)26(41-34-17)21-8-6-19(7-9-21)20-10-12-22(13-11-20)29(14-15-29)37-16-35/h3-13,16,18H,14-15H2,1-2H3,(H,33,36)/t18-/m1/s1. The van der Waals surface area contributed by atoms with Gasteiger partial charge in [-0.1, -0.05) is 65.8 Å². The van der Waals surface area contributed by atoms with Gasteiger partial charge < -0.3 is 23.5 Å². The number of hydrogen-bond acceptors (Lipinski definition) is 8. The minimum absolute atomic E-state index is 0.140. The van der Waals surface area contributed by atoms with Crippen LogP contribution in [0.4, 0.5) is 19.3 Å². The number of hydrogen-bond donors (Lipinski definition) is 1. The lowest BCUT2D eigenvalue weighted by molar-refractivity contribution is -0.287. The van der Waals surface area contributed by atoms with Crippen molar-refractivity contribution >= 4 is 18.3 Å². The number of benzene rings is 3. The summed E-state index contributed by atoms with van der Waals surface area (Å²) in [6.45, 7) is 3.69. The van der Waals surface area contributed by atoms with E-state index in [1.54, 1.807) is 6.92 Å². The van der Waals surface area contributed by atoms with Crippen molar-refractivity contribution in [1.82, 2.24) is 5.16 Å². The highest BCUT2D eigenvalue weighted by Crippen LogP contribution is 2.49. The normalized spacial score (nSPS) is 16.5. The molecule has 1 N–H and O–H groups in total. The van der Waals surface area contributed by atoms with Gasteiger partial charge in [-0.15, -0.1) is 8.78 Å². The highest BCUT2D eigenvalue weighted by Gasteiger charge is 2.47. The molecule has 0 spiro atoms. The summed E-state index contributed by atoms with van der Waals surface area (Å²) < 4.78 is 52.4. The van der Waals surface area contributed by atoms with Gasteiger partial charge in [0.1, 0.15) is 23.1 Å². The quantitative estimate of drug-likeness (QED) is 0.226. The van der Waals surface area contributed by atoms with E-state index in [0.717, 1.165) is 29.5 Å². The molecule has 0 unspecified atom stereocenters. The van der Waals surface area contributed by atoms with Gasteiger partial charge in [0.05, 0.1) is 0 Å². The van der Waals surface area contributed by atoms with Crippen LogP contribution in [0.5, 0.6) is 11.5 Å². The van der Waals surface area contributed by atoms with E-state index in [4.69, 9.17) is 14.0 Å². The van der Waals surface area contributed by atoms with Gasteiger partial charge in [-0.3, -0.25) is 10.1 Å². The number of carbonyl (C=O) groups is 2. The molecule has 1 aliphatic heterocycles. The first-order chi connectivity index (χ1) is 19.7. The molecule has 1 amide bonds. The highest BCUT2D eigenvalue weighted by atomic mass is 19.3. The van der Waals surface area contributed by atoms with Gasteiger partial charge in [-0.05, 0) is 49.4 Å². The van der Waals surface area contributed by atoms with Crippen LogP contribution in [0, 0.1) is 6.92 Å². The van der Waals surface area contributed by atoms with E-state index in [1.165, 1.54) is 25.1 Å². The zero-order valence-corrected chi connectivity index (χ0v) is 22.0. The van der Waals surface area contributed by atoms with Gasteiger partial charge in [-0.2, -0.15) is 0 Å². The van der Waals surface area contributed by atoms with Crippen LogP contribution in [0.25, 0.3) is 22.5 Å². The Morgan fingerprint density at radius 1 is 1.00 bits per heavy atom. The first-order valence-electron chi connectivity index (χ1n) is 12.8. The monoisotopic (exact) mass is 562 g/mol. The molecule has 6 rings (SSSR count). The van der Waals surface area contributed by atoms with E-state index in [0.29, 0.717) is 29.2 Å². The summed E-state index contributed by atoms with van der Waals surface area (Å²) in [6, 6.07) is 19.7. The Kier molecular flexibility index (Phi) is 6.36. The molecule has 210 valence electrons. The highest BCUT2D eigenvalue weighted by molar-refractivity contribution is 5.91. The third-order valence-electron chi connectivity index (χ3n) is 7.14. The van der Waals surface area contributed by atoms with E-state index >= 15 is 0 Å². The molecule has 0 radical (unpaired) electrons. The summed E-state index contributed by atoms with van der Waals surface area (Å²) in [5.74, 6) is 0.00189. The average molecular weight is 563 g/mol. The summed E-state index contributed by atoms with van der Waals surface area (Å²) in [5, 5.41) is 6.63. The van der Waals surface area contributed by atoms with Gasteiger partial charge in [-0.25, -0.2) is 4.79 Å². The fourth-order valence-corrected chi connectivity index (χ4v) is 4.84. The number of ether oxygens (including phenoxy) is 4. The molecule has 2 heterocycles. The molecule has 41 heavy (non-hydrogen) atoms. The number of nitrogens with zero attached hydrogens (tertiary/aromatic N) is 1. The molecule has 11 heteroatoms. The first kappa shape index (κ1) is 26.3. The van der Waals surface area contributed by atoms with Crippen molar-refractivity contribution in [2.45, 2.75) is 44.7 Å². The van der Waals surface area contributed by atoms with Crippen molar-refractivity contribution in [2.75, 3.05) is 5.32 Å². The second-order valence-electron chi connectivity index (χ2n) is 9.85. The zero-order chi connectivity index (χ0) is 28.8. The molecular formula is C30H24F2N2O7. The van der Waals surface area contributed by atoms with Crippen LogP contribution < -0.4 is 14.8 Å². The number of carbonyl (C=O) groups excluding carboxylic acids is 2. The number of alkyl halides is 2. The number of fused-ring (bicyclic) bond motifs is 1. The predicted molar refractivity (Wildman–Crippen MR) is 141 cm³/mol. The maximum absolute atomic E-state index is 13.6. The number of aryl methyl sites for hydroxylation is 1. The maximum atomic E-state index is 13.6. The second-order valence-corrected chi connectivity index (χ2v) is 9.85. The summed E-state index contributed by atoms with van der Waals surface area (Å²) in [4.78, 5) is 23.6. The lowest BCUT2D eigenvalue weighted by atomic mass is 9.99. The zero-order valence-electron chi connectivity index (χ0n) is 22.0. The Labute approximate surface area is 232 Å². The smallest absolute Gasteiger partial charge is 0.456 e. The van der Waals surface area contributed by atoms with Crippen molar-refractivity contribution < 1.29 is 41.8 Å². The Balaban J connectivity index is 1.15. The van der Waals surface area contributed by atoms with Crippen LogP contribution >= 0.6 is 0 Å². The van der Waals surface area contributed by atoms with Crippen molar-refractivity contribution in [3.8, 4) is 33.9 Å². The van der Waals surface area contributed by atoms with E-state index in [2.05, 4.69) is 19.9 Å². The molecule has 9 nitrogen and oxygen atoms in total. The molecular weight excluding hydrogens is 538 g/mol. The second kappa shape index (κ2) is 9.92. The Morgan fingerprint density at radius 3 is 2.32 bits per heavy atom. The van der Waals surface area contributed by atoms with E-state index < -0.39 is 24.1 Å². The largest absolute Gasteiger partial charge is 0.586 e. The number of halogens is 2. The van der Waals surface area contributed by atoms with Crippen LogP contribution in [0.1, 0.15) is 42.7 Å². The molecule has 3 aromatic carbocycles. The molecule has 1 atom stereocenters. The van der Waals surface area contributed by atoms with E-state index in [9.17, 15) is 18.4 Å². The van der Waals surface area contributed by atoms with Crippen LogP contribution in [0.15, 0.2) is 71.3 Å². The van der Waals surface area contributed by atoms with Crippen LogP contribution in [-0.4, -0.2) is 24.0 Å². The molecule has 1 fully saturated rings. The topological polar surface area (TPSA) is 109 Å². The minimum Gasteiger partial charge on any atom is -0.456 e. The molecule has 1 aromatic heterocycles. The Hall–Kier alpha value is -4.93. The molecule has 0 bridgehead atoms. The number of amides is 1. The number of rotatable bonds is 8. The Bertz CT molecular complexity index is 1610. The summed E-state index contributed by atoms with van der Waals surface area (Å²) in [7, 11) is 0. The molecule has 1 saturated carbocycles.